The maximum Gasteiger partial charge on any atom is 0.424 e. The first-order valence-corrected chi connectivity index (χ1v) is 13.3. The molecular weight excluding hydrogens is 475 g/mol. The van der Waals surface area contributed by atoms with Crippen molar-refractivity contribution >= 4 is 13.9 Å². The van der Waals surface area contributed by atoms with Gasteiger partial charge in [0.25, 0.3) is 0 Å². The van der Waals surface area contributed by atoms with Crippen LogP contribution in [-0.4, -0.2) is 24.4 Å². The van der Waals surface area contributed by atoms with E-state index >= 15 is 4.39 Å². The average Bonchev–Trinajstić information content (AvgIpc) is 2.64. The summed E-state index contributed by atoms with van der Waals surface area (Å²) in [6.45, 7) is 12.7. The van der Waals surface area contributed by atoms with Gasteiger partial charge in [0.2, 0.25) is 6.20 Å². The Kier molecular flexibility index (Phi) is 7.45. The van der Waals surface area contributed by atoms with Crippen LogP contribution in [0, 0.1) is 21.7 Å². The molecule has 0 aliphatic carbocycles. The number of halogens is 5. The molecule has 0 fully saturated rings. The van der Waals surface area contributed by atoms with E-state index in [9.17, 15) is 27.7 Å². The minimum atomic E-state index is -5.14. The number of rotatable bonds is 6. The lowest BCUT2D eigenvalue weighted by atomic mass is 9.94. The second-order valence-corrected chi connectivity index (χ2v) is 14.6. The predicted octanol–water partition coefficient (Wildman–Crippen LogP) is 7.46. The van der Waals surface area contributed by atoms with E-state index in [2.05, 4.69) is 4.98 Å². The van der Waals surface area contributed by atoms with Crippen LogP contribution >= 0.6 is 0 Å². The van der Waals surface area contributed by atoms with Crippen LogP contribution in [0.3, 0.4) is 0 Å². The standard InChI is InChI=1S/C23H27F5N2O3Si/c1-21(2,3)34(6,7)33-22(4,5)16-12-18(17(13-30(31)32)23(26,27)28)29-20(19(16)25)14-8-10-15(24)11-9-14/h8-13H,1-7H3. The molecular formula is C23H27F5N2O3Si. The smallest absolute Gasteiger partial charge is 0.408 e. The summed E-state index contributed by atoms with van der Waals surface area (Å²) in [7, 11) is -2.54. The van der Waals surface area contributed by atoms with Crippen molar-refractivity contribution in [3.8, 4) is 11.3 Å². The highest BCUT2D eigenvalue weighted by atomic mass is 28.4. The molecule has 2 rings (SSSR count). The predicted molar refractivity (Wildman–Crippen MR) is 122 cm³/mol. The lowest BCUT2D eigenvalue weighted by Gasteiger charge is -2.43. The monoisotopic (exact) mass is 502 g/mol. The number of hydrogen-bond donors (Lipinski definition) is 0. The number of alkyl halides is 3. The Morgan fingerprint density at radius 1 is 1.06 bits per heavy atom. The first-order valence-electron chi connectivity index (χ1n) is 10.4. The van der Waals surface area contributed by atoms with Gasteiger partial charge in [-0.2, -0.15) is 13.2 Å². The average molecular weight is 503 g/mol. The number of pyridine rings is 1. The second-order valence-electron chi connectivity index (χ2n) is 9.92. The van der Waals surface area contributed by atoms with Crippen LogP contribution in [0.2, 0.25) is 18.1 Å². The number of benzene rings is 1. The van der Waals surface area contributed by atoms with Crippen molar-refractivity contribution in [2.45, 2.75) is 64.5 Å². The molecule has 1 aromatic heterocycles. The third-order valence-electron chi connectivity index (χ3n) is 5.86. The molecule has 0 unspecified atom stereocenters. The number of aromatic nitrogens is 1. The van der Waals surface area contributed by atoms with Crippen LogP contribution in [0.1, 0.15) is 45.9 Å². The van der Waals surface area contributed by atoms with Gasteiger partial charge in [-0.15, -0.1) is 0 Å². The van der Waals surface area contributed by atoms with Gasteiger partial charge in [0.05, 0.1) is 16.2 Å². The van der Waals surface area contributed by atoms with Gasteiger partial charge in [0, 0.05) is 11.1 Å². The zero-order valence-corrected chi connectivity index (χ0v) is 21.0. The molecule has 0 bridgehead atoms. The largest absolute Gasteiger partial charge is 0.424 e. The fourth-order valence-corrected chi connectivity index (χ4v) is 4.83. The van der Waals surface area contributed by atoms with Gasteiger partial charge < -0.3 is 4.43 Å². The van der Waals surface area contributed by atoms with Crippen LogP contribution in [-0.2, 0) is 10.0 Å². The molecule has 34 heavy (non-hydrogen) atoms. The van der Waals surface area contributed by atoms with E-state index in [1.807, 2.05) is 33.9 Å². The van der Waals surface area contributed by atoms with E-state index in [0.29, 0.717) is 0 Å². The molecule has 0 atom stereocenters. The quantitative estimate of drug-likeness (QED) is 0.178. The normalized spacial score (nSPS) is 13.8. The van der Waals surface area contributed by atoms with Crippen LogP contribution in [0.4, 0.5) is 22.0 Å². The molecule has 186 valence electrons. The fourth-order valence-electron chi connectivity index (χ4n) is 3.14. The molecule has 5 nitrogen and oxygen atoms in total. The molecule has 1 aromatic carbocycles. The van der Waals surface area contributed by atoms with E-state index in [-0.39, 0.29) is 22.4 Å². The highest BCUT2D eigenvalue weighted by Crippen LogP contribution is 2.44. The van der Waals surface area contributed by atoms with Crippen molar-refractivity contribution in [2.75, 3.05) is 0 Å². The maximum absolute atomic E-state index is 15.8. The van der Waals surface area contributed by atoms with Gasteiger partial charge in [-0.05, 0) is 62.3 Å². The maximum atomic E-state index is 15.8. The van der Waals surface area contributed by atoms with E-state index in [1.165, 1.54) is 26.0 Å². The summed E-state index contributed by atoms with van der Waals surface area (Å²) < 4.78 is 76.7. The Labute approximate surface area is 195 Å². The molecule has 0 N–H and O–H groups in total. The summed E-state index contributed by atoms with van der Waals surface area (Å²) in [6, 6.07) is 5.19. The first-order chi connectivity index (χ1) is 15.3. The molecule has 11 heteroatoms. The zero-order valence-electron chi connectivity index (χ0n) is 20.0. The molecule has 2 aromatic rings. The molecule has 1 heterocycles. The van der Waals surface area contributed by atoms with E-state index in [0.717, 1.165) is 18.2 Å². The Balaban J connectivity index is 2.87. The van der Waals surface area contributed by atoms with Crippen molar-refractivity contribution in [3.63, 3.8) is 0 Å². The fraction of sp³-hybridized carbons (Fsp3) is 0.435. The van der Waals surface area contributed by atoms with E-state index in [4.69, 9.17) is 4.43 Å². The van der Waals surface area contributed by atoms with Gasteiger partial charge >= 0.3 is 6.18 Å². The summed E-state index contributed by atoms with van der Waals surface area (Å²) in [4.78, 5) is 13.5. The van der Waals surface area contributed by atoms with Crippen molar-refractivity contribution in [2.24, 2.45) is 0 Å². The van der Waals surface area contributed by atoms with Crippen LogP contribution < -0.4 is 0 Å². The summed E-state index contributed by atoms with van der Waals surface area (Å²) >= 11 is 0. The van der Waals surface area contributed by atoms with Crippen LogP contribution in [0.15, 0.2) is 36.5 Å². The Bertz CT molecular complexity index is 1110. The van der Waals surface area contributed by atoms with Crippen LogP contribution in [0.25, 0.3) is 16.8 Å². The summed E-state index contributed by atoms with van der Waals surface area (Å²) in [6.07, 6.45) is -5.35. The lowest BCUT2D eigenvalue weighted by molar-refractivity contribution is -0.402. The molecule has 0 aliphatic rings. The molecule has 0 aliphatic heterocycles. The first kappa shape index (κ1) is 27.6. The number of hydrogen-bond acceptors (Lipinski definition) is 4. The highest BCUT2D eigenvalue weighted by Gasteiger charge is 2.44. The SMILES string of the molecule is CC(C)(O[Si](C)(C)C(C)(C)C)c1cc(C(=C[N+](=O)[O-])C(F)(F)F)nc(-c2ccc(F)cc2)c1F. The number of nitrogens with zero attached hydrogens (tertiary/aromatic N) is 2. The van der Waals surface area contributed by atoms with Crippen molar-refractivity contribution in [3.05, 3.63) is 69.5 Å². The topological polar surface area (TPSA) is 65.3 Å². The van der Waals surface area contributed by atoms with Crippen LogP contribution in [0.5, 0.6) is 0 Å². The Morgan fingerprint density at radius 2 is 1.59 bits per heavy atom. The minimum Gasteiger partial charge on any atom is -0.408 e. The third-order valence-corrected chi connectivity index (χ3v) is 10.5. The number of nitro groups is 1. The summed E-state index contributed by atoms with van der Waals surface area (Å²) in [5.41, 5.74) is -4.65. The summed E-state index contributed by atoms with van der Waals surface area (Å²) in [5, 5.41) is 10.6. The summed E-state index contributed by atoms with van der Waals surface area (Å²) in [5.74, 6) is -1.59. The third kappa shape index (κ3) is 6.06. The van der Waals surface area contributed by atoms with Gasteiger partial charge in [0.1, 0.15) is 11.5 Å². The Hall–Kier alpha value is -2.66. The van der Waals surface area contributed by atoms with Gasteiger partial charge in [0.15, 0.2) is 19.7 Å². The molecule has 0 saturated heterocycles. The second kappa shape index (κ2) is 9.18. The number of allylic oxidation sites excluding steroid dienone is 1. The van der Waals surface area contributed by atoms with E-state index in [1.54, 1.807) is 0 Å². The van der Waals surface area contributed by atoms with Gasteiger partial charge in [-0.3, -0.25) is 10.1 Å². The lowest BCUT2D eigenvalue weighted by Crippen LogP contribution is -2.46. The zero-order chi connectivity index (χ0) is 26.3. The van der Waals surface area contributed by atoms with Gasteiger partial charge in [-0.25, -0.2) is 13.8 Å². The van der Waals surface area contributed by atoms with E-state index < -0.39 is 53.6 Å². The molecule has 0 amide bonds. The van der Waals surface area contributed by atoms with Gasteiger partial charge in [-0.1, -0.05) is 20.8 Å². The molecule has 0 spiro atoms. The van der Waals surface area contributed by atoms with Crippen molar-refractivity contribution < 1.29 is 31.3 Å². The molecule has 0 radical (unpaired) electrons. The Morgan fingerprint density at radius 3 is 2.03 bits per heavy atom. The minimum absolute atomic E-state index is 0.00718. The highest BCUT2D eigenvalue weighted by molar-refractivity contribution is 6.74. The molecule has 0 saturated carbocycles. The van der Waals surface area contributed by atoms with Crippen molar-refractivity contribution in [1.29, 1.82) is 0 Å². The van der Waals surface area contributed by atoms with Crippen molar-refractivity contribution in [1.82, 2.24) is 4.98 Å².